The lowest BCUT2D eigenvalue weighted by Crippen LogP contribution is -2.52. The van der Waals surface area contributed by atoms with Gasteiger partial charge >= 0.3 is 0 Å². The Kier molecular flexibility index (Phi) is 7.22. The van der Waals surface area contributed by atoms with Crippen LogP contribution in [0.4, 0.5) is 8.78 Å². The molecule has 2 aromatic carbocycles. The van der Waals surface area contributed by atoms with E-state index < -0.39 is 11.6 Å². The molecule has 0 saturated carbocycles. The summed E-state index contributed by atoms with van der Waals surface area (Å²) in [5.41, 5.74) is 4.13. The number of aliphatic hydroxyl groups is 1. The minimum absolute atomic E-state index is 0.112. The van der Waals surface area contributed by atoms with E-state index in [-0.39, 0.29) is 12.6 Å². The summed E-state index contributed by atoms with van der Waals surface area (Å²) in [6, 6.07) is 8.05. The third-order valence-corrected chi connectivity index (χ3v) is 6.00. The average Bonchev–Trinajstić information content (AvgIpc) is 2.70. The third-order valence-electron chi connectivity index (χ3n) is 6.00. The Balaban J connectivity index is 1.70. The van der Waals surface area contributed by atoms with Crippen molar-refractivity contribution in [1.29, 1.82) is 0 Å². The van der Waals surface area contributed by atoms with Crippen LogP contribution in [-0.2, 0) is 13.1 Å². The molecule has 1 aliphatic heterocycles. The second kappa shape index (κ2) is 9.65. The van der Waals surface area contributed by atoms with Crippen molar-refractivity contribution in [3.05, 3.63) is 64.2 Å². The predicted molar refractivity (Wildman–Crippen MR) is 110 cm³/mol. The Bertz CT molecular complexity index is 844. The Morgan fingerprint density at radius 1 is 1.03 bits per heavy atom. The van der Waals surface area contributed by atoms with Gasteiger partial charge in [0, 0.05) is 57.0 Å². The molecule has 0 bridgehead atoms. The molecule has 0 radical (unpaired) electrons. The molecule has 6 heteroatoms. The highest BCUT2D eigenvalue weighted by Crippen LogP contribution is 2.26. The van der Waals surface area contributed by atoms with Gasteiger partial charge in [0.05, 0.1) is 7.11 Å². The van der Waals surface area contributed by atoms with Gasteiger partial charge < -0.3 is 9.84 Å². The van der Waals surface area contributed by atoms with Crippen LogP contribution in [0.1, 0.15) is 28.7 Å². The summed E-state index contributed by atoms with van der Waals surface area (Å²) in [6.07, 6.45) is 0.663. The van der Waals surface area contributed by atoms with Gasteiger partial charge in [0.2, 0.25) is 0 Å². The lowest BCUT2D eigenvalue weighted by Gasteiger charge is -2.41. The zero-order valence-corrected chi connectivity index (χ0v) is 17.4. The molecule has 0 aliphatic carbocycles. The zero-order chi connectivity index (χ0) is 21.0. The van der Waals surface area contributed by atoms with Crippen LogP contribution in [-0.4, -0.2) is 54.3 Å². The smallest absolute Gasteiger partial charge is 0.130 e. The Morgan fingerprint density at radius 2 is 1.79 bits per heavy atom. The van der Waals surface area contributed by atoms with E-state index in [1.165, 1.54) is 23.3 Å². The first-order chi connectivity index (χ1) is 13.9. The molecular weight excluding hydrogens is 374 g/mol. The lowest BCUT2D eigenvalue weighted by molar-refractivity contribution is 0.0493. The number of hydrogen-bond acceptors (Lipinski definition) is 4. The number of hydrogen-bond donors (Lipinski definition) is 1. The van der Waals surface area contributed by atoms with Crippen molar-refractivity contribution >= 4 is 0 Å². The van der Waals surface area contributed by atoms with E-state index >= 15 is 0 Å². The number of halogens is 2. The van der Waals surface area contributed by atoms with E-state index in [0.717, 1.165) is 43.6 Å². The number of methoxy groups -OCH3 is 1. The molecule has 1 atom stereocenters. The molecule has 158 valence electrons. The van der Waals surface area contributed by atoms with Gasteiger partial charge in [-0.05, 0) is 49.1 Å². The van der Waals surface area contributed by atoms with Crippen molar-refractivity contribution in [3.8, 4) is 5.75 Å². The fourth-order valence-corrected chi connectivity index (χ4v) is 4.09. The van der Waals surface area contributed by atoms with E-state index in [0.29, 0.717) is 18.5 Å². The van der Waals surface area contributed by atoms with E-state index in [1.807, 2.05) is 6.07 Å². The number of rotatable bonds is 7. The van der Waals surface area contributed by atoms with Crippen LogP contribution in [0.25, 0.3) is 0 Å². The van der Waals surface area contributed by atoms with Gasteiger partial charge in [0.1, 0.15) is 17.4 Å². The van der Waals surface area contributed by atoms with Crippen molar-refractivity contribution < 1.29 is 18.6 Å². The van der Waals surface area contributed by atoms with Crippen LogP contribution in [0.5, 0.6) is 5.75 Å². The van der Waals surface area contributed by atoms with Crippen molar-refractivity contribution in [1.82, 2.24) is 9.80 Å². The molecular formula is C23H30F2N2O2. The van der Waals surface area contributed by atoms with Gasteiger partial charge in [-0.15, -0.1) is 0 Å². The molecule has 0 amide bonds. The van der Waals surface area contributed by atoms with Crippen LogP contribution in [0.15, 0.2) is 30.3 Å². The van der Waals surface area contributed by atoms with E-state index in [2.05, 4.69) is 29.7 Å². The quantitative estimate of drug-likeness (QED) is 0.764. The topological polar surface area (TPSA) is 35.9 Å². The first kappa shape index (κ1) is 21.7. The van der Waals surface area contributed by atoms with Crippen LogP contribution >= 0.6 is 0 Å². The first-order valence-electron chi connectivity index (χ1n) is 10.1. The van der Waals surface area contributed by atoms with Gasteiger partial charge in [-0.1, -0.05) is 12.1 Å². The minimum atomic E-state index is -0.556. The summed E-state index contributed by atoms with van der Waals surface area (Å²) in [5, 5.41) is 9.56. The number of nitrogens with zero attached hydrogens (tertiary/aromatic N) is 2. The Hall–Kier alpha value is -2.02. The standard InChI is InChI=1S/C23H30F2N2O2/c1-16-17(2)23(29-3)7-5-18(16)14-27-10-9-26(15-21(27)8-11-28)13-19-4-6-20(24)12-22(19)25/h4-7,12,21,28H,8-11,13-15H2,1-3H3. The van der Waals surface area contributed by atoms with Crippen molar-refractivity contribution in [2.75, 3.05) is 33.4 Å². The summed E-state index contributed by atoms with van der Waals surface area (Å²) in [5.74, 6) is -0.167. The molecule has 0 spiro atoms. The van der Waals surface area contributed by atoms with Gasteiger partial charge in [-0.25, -0.2) is 8.78 Å². The highest BCUT2D eigenvalue weighted by molar-refractivity contribution is 5.43. The molecule has 1 unspecified atom stereocenters. The van der Waals surface area contributed by atoms with Crippen LogP contribution in [0.2, 0.25) is 0 Å². The zero-order valence-electron chi connectivity index (χ0n) is 17.4. The summed E-state index contributed by atoms with van der Waals surface area (Å²) in [4.78, 5) is 4.57. The predicted octanol–water partition coefficient (Wildman–Crippen LogP) is 3.66. The molecule has 4 nitrogen and oxygen atoms in total. The summed E-state index contributed by atoms with van der Waals surface area (Å²) in [7, 11) is 1.68. The molecule has 0 aromatic heterocycles. The van der Waals surface area contributed by atoms with Crippen LogP contribution in [0, 0.1) is 25.5 Å². The maximum atomic E-state index is 14.0. The van der Waals surface area contributed by atoms with Crippen LogP contribution in [0.3, 0.4) is 0 Å². The second-order valence-electron chi connectivity index (χ2n) is 7.78. The summed E-state index contributed by atoms with van der Waals surface area (Å²) in [6.45, 7) is 7.92. The number of aliphatic hydroxyl groups excluding tert-OH is 1. The molecule has 1 saturated heterocycles. The summed E-state index contributed by atoms with van der Waals surface area (Å²) >= 11 is 0. The fourth-order valence-electron chi connectivity index (χ4n) is 4.09. The van der Waals surface area contributed by atoms with Gasteiger partial charge in [-0.2, -0.15) is 0 Å². The van der Waals surface area contributed by atoms with Gasteiger partial charge in [-0.3, -0.25) is 9.80 Å². The maximum Gasteiger partial charge on any atom is 0.130 e. The maximum absolute atomic E-state index is 14.0. The van der Waals surface area contributed by atoms with Crippen molar-refractivity contribution in [2.45, 2.75) is 39.4 Å². The van der Waals surface area contributed by atoms with Crippen molar-refractivity contribution in [3.63, 3.8) is 0 Å². The van der Waals surface area contributed by atoms with Gasteiger partial charge in [0.25, 0.3) is 0 Å². The molecule has 1 N–H and O–H groups in total. The number of piperazine rings is 1. The lowest BCUT2D eigenvalue weighted by atomic mass is 10.00. The van der Waals surface area contributed by atoms with Gasteiger partial charge in [0.15, 0.2) is 0 Å². The van der Waals surface area contributed by atoms with E-state index in [4.69, 9.17) is 4.74 Å². The fraction of sp³-hybridized carbons (Fsp3) is 0.478. The highest BCUT2D eigenvalue weighted by atomic mass is 19.1. The first-order valence-corrected chi connectivity index (χ1v) is 10.1. The van der Waals surface area contributed by atoms with Crippen LogP contribution < -0.4 is 4.74 Å². The summed E-state index contributed by atoms with van der Waals surface area (Å²) < 4.78 is 32.6. The molecule has 1 fully saturated rings. The van der Waals surface area contributed by atoms with E-state index in [1.54, 1.807) is 7.11 Å². The SMILES string of the molecule is COc1ccc(CN2CCN(Cc3ccc(F)cc3F)CC2CCO)c(C)c1C. The molecule has 3 rings (SSSR count). The average molecular weight is 405 g/mol. The minimum Gasteiger partial charge on any atom is -0.496 e. The highest BCUT2D eigenvalue weighted by Gasteiger charge is 2.27. The molecule has 1 heterocycles. The molecule has 2 aromatic rings. The van der Waals surface area contributed by atoms with E-state index in [9.17, 15) is 13.9 Å². The molecule has 29 heavy (non-hydrogen) atoms. The molecule has 1 aliphatic rings. The van der Waals surface area contributed by atoms with Crippen molar-refractivity contribution in [2.24, 2.45) is 0 Å². The second-order valence-corrected chi connectivity index (χ2v) is 7.78. The normalized spacial score (nSPS) is 18.2. The monoisotopic (exact) mass is 404 g/mol. The Labute approximate surface area is 171 Å². The number of benzene rings is 2. The Morgan fingerprint density at radius 3 is 2.48 bits per heavy atom. The largest absolute Gasteiger partial charge is 0.496 e. The third kappa shape index (κ3) is 5.13. The number of ether oxygens (including phenoxy) is 1.